The molecule has 1 aromatic rings. The zero-order valence-corrected chi connectivity index (χ0v) is 14.2. The second-order valence-corrected chi connectivity index (χ2v) is 8.13. The molecular formula is C17H20BrClO. The minimum atomic E-state index is 0.111. The largest absolute Gasteiger partial charge is 0.496 e. The molecule has 20 heavy (non-hydrogen) atoms. The monoisotopic (exact) mass is 354 g/mol. The van der Waals surface area contributed by atoms with Gasteiger partial charge in [-0.1, -0.05) is 15.9 Å². The van der Waals surface area contributed by atoms with Gasteiger partial charge in [0.15, 0.2) is 0 Å². The van der Waals surface area contributed by atoms with Crippen molar-refractivity contribution in [1.82, 2.24) is 0 Å². The molecular weight excluding hydrogens is 336 g/mol. The summed E-state index contributed by atoms with van der Waals surface area (Å²) in [5.74, 6) is 5.38. The van der Waals surface area contributed by atoms with Crippen molar-refractivity contribution in [3.05, 3.63) is 27.7 Å². The minimum absolute atomic E-state index is 0.111. The molecule has 0 N–H and O–H groups in total. The molecule has 0 amide bonds. The Kier molecular flexibility index (Phi) is 3.12. The molecule has 3 aliphatic carbocycles. The summed E-state index contributed by atoms with van der Waals surface area (Å²) in [4.78, 5) is 0. The molecule has 0 spiro atoms. The number of aryl methyl sites for hydroxylation is 1. The van der Waals surface area contributed by atoms with Gasteiger partial charge in [-0.05, 0) is 73.5 Å². The van der Waals surface area contributed by atoms with Crippen LogP contribution in [0.5, 0.6) is 5.75 Å². The highest BCUT2D eigenvalue weighted by molar-refractivity contribution is 9.10. The van der Waals surface area contributed by atoms with Crippen LogP contribution >= 0.6 is 27.5 Å². The number of fused-ring (bicyclic) bond motifs is 5. The number of methoxy groups -OCH3 is 1. The zero-order chi connectivity index (χ0) is 14.0. The summed E-state index contributed by atoms with van der Waals surface area (Å²) >= 11 is 10.5. The van der Waals surface area contributed by atoms with E-state index in [1.54, 1.807) is 7.11 Å². The third-order valence-electron chi connectivity index (χ3n) is 5.94. The van der Waals surface area contributed by atoms with Crippen LogP contribution in [-0.4, -0.2) is 7.11 Å². The molecule has 0 aliphatic heterocycles. The molecule has 3 heteroatoms. The van der Waals surface area contributed by atoms with Crippen LogP contribution in [0.25, 0.3) is 0 Å². The van der Waals surface area contributed by atoms with Crippen LogP contribution in [0, 0.1) is 36.5 Å². The molecule has 0 aromatic heterocycles. The van der Waals surface area contributed by atoms with Crippen molar-refractivity contribution in [2.45, 2.75) is 31.6 Å². The molecule has 0 saturated heterocycles. The van der Waals surface area contributed by atoms with E-state index in [0.29, 0.717) is 5.92 Å². The lowest BCUT2D eigenvalue weighted by molar-refractivity contribution is 0.400. The smallest absolute Gasteiger partial charge is 0.123 e. The third kappa shape index (κ3) is 1.80. The molecule has 0 heterocycles. The fourth-order valence-electron chi connectivity index (χ4n) is 5.05. The number of benzene rings is 1. The van der Waals surface area contributed by atoms with E-state index in [1.807, 2.05) is 0 Å². The van der Waals surface area contributed by atoms with Gasteiger partial charge in [-0.3, -0.25) is 0 Å². The first-order valence-electron chi connectivity index (χ1n) is 7.60. The normalized spacial score (nSPS) is 38.7. The first-order valence-corrected chi connectivity index (χ1v) is 8.83. The fraction of sp³-hybridized carbons (Fsp3) is 0.647. The van der Waals surface area contributed by atoms with Crippen molar-refractivity contribution in [3.8, 4) is 5.75 Å². The maximum atomic E-state index is 6.87. The van der Waals surface area contributed by atoms with Gasteiger partial charge in [0, 0.05) is 10.0 Å². The summed E-state index contributed by atoms with van der Waals surface area (Å²) in [6.45, 7) is 2.09. The highest BCUT2D eigenvalue weighted by Crippen LogP contribution is 2.73. The molecule has 3 saturated carbocycles. The molecule has 4 rings (SSSR count). The number of ether oxygens (including phenoxy) is 1. The van der Waals surface area contributed by atoms with Crippen molar-refractivity contribution >= 4 is 27.5 Å². The lowest BCUT2D eigenvalue weighted by Gasteiger charge is -2.18. The van der Waals surface area contributed by atoms with E-state index in [4.69, 9.17) is 16.3 Å². The first kappa shape index (κ1) is 13.5. The summed E-state index contributed by atoms with van der Waals surface area (Å²) in [6, 6.07) is 4.27. The van der Waals surface area contributed by atoms with E-state index < -0.39 is 0 Å². The summed E-state index contributed by atoms with van der Waals surface area (Å²) in [7, 11) is 1.74. The van der Waals surface area contributed by atoms with Crippen molar-refractivity contribution in [2.24, 2.45) is 29.6 Å². The second kappa shape index (κ2) is 4.64. The number of hydrogen-bond donors (Lipinski definition) is 0. The van der Waals surface area contributed by atoms with E-state index in [2.05, 4.69) is 35.0 Å². The standard InChI is InChI=1S/C17H20BrClO/c1-8-5-13(20-2)11(7-12(8)18)17(19)16-14-9-3-4-10(6-9)15(14)16/h5,7,9-10,14-17H,3-4,6H2,1-2H3. The van der Waals surface area contributed by atoms with Gasteiger partial charge >= 0.3 is 0 Å². The first-order chi connectivity index (χ1) is 9.61. The van der Waals surface area contributed by atoms with Gasteiger partial charge in [-0.25, -0.2) is 0 Å². The summed E-state index contributed by atoms with van der Waals surface area (Å²) in [5, 5.41) is 0.111. The van der Waals surface area contributed by atoms with E-state index in [0.717, 1.165) is 33.9 Å². The lowest BCUT2D eigenvalue weighted by atomic mass is 9.96. The molecule has 3 fully saturated rings. The van der Waals surface area contributed by atoms with E-state index in [1.165, 1.54) is 30.4 Å². The Bertz CT molecular complexity index is 542. The molecule has 1 aromatic carbocycles. The quantitative estimate of drug-likeness (QED) is 0.665. The van der Waals surface area contributed by atoms with Crippen molar-refractivity contribution in [3.63, 3.8) is 0 Å². The van der Waals surface area contributed by atoms with Gasteiger partial charge in [-0.15, -0.1) is 11.6 Å². The van der Waals surface area contributed by atoms with Crippen LogP contribution in [0.1, 0.15) is 35.8 Å². The van der Waals surface area contributed by atoms with Crippen LogP contribution < -0.4 is 4.74 Å². The summed E-state index contributed by atoms with van der Waals surface area (Å²) in [5.41, 5.74) is 2.37. The van der Waals surface area contributed by atoms with Gasteiger partial charge < -0.3 is 4.74 Å². The molecule has 3 aliphatic rings. The Hall–Kier alpha value is -0.210. The molecule has 1 nitrogen and oxygen atoms in total. The summed E-state index contributed by atoms with van der Waals surface area (Å²) in [6.07, 6.45) is 4.37. The Morgan fingerprint density at radius 3 is 2.50 bits per heavy atom. The zero-order valence-electron chi connectivity index (χ0n) is 11.9. The minimum Gasteiger partial charge on any atom is -0.496 e. The second-order valence-electron chi connectivity index (χ2n) is 6.81. The van der Waals surface area contributed by atoms with Crippen molar-refractivity contribution in [2.75, 3.05) is 7.11 Å². The van der Waals surface area contributed by atoms with E-state index >= 15 is 0 Å². The molecule has 2 bridgehead atoms. The predicted octanol–water partition coefficient (Wildman–Crippen LogP) is 5.34. The number of halogens is 2. The maximum absolute atomic E-state index is 6.87. The molecule has 108 valence electrons. The topological polar surface area (TPSA) is 9.23 Å². The van der Waals surface area contributed by atoms with Gasteiger partial charge in [0.05, 0.1) is 12.5 Å². The highest BCUT2D eigenvalue weighted by Gasteiger charge is 2.66. The van der Waals surface area contributed by atoms with Gasteiger partial charge in [0.25, 0.3) is 0 Å². The average molecular weight is 356 g/mol. The van der Waals surface area contributed by atoms with Gasteiger partial charge in [-0.2, -0.15) is 0 Å². The van der Waals surface area contributed by atoms with Crippen molar-refractivity contribution < 1.29 is 4.74 Å². The van der Waals surface area contributed by atoms with Crippen LogP contribution in [-0.2, 0) is 0 Å². The fourth-order valence-corrected chi connectivity index (χ4v) is 5.92. The maximum Gasteiger partial charge on any atom is 0.123 e. The Balaban J connectivity index is 1.64. The Labute approximate surface area is 134 Å². The predicted molar refractivity (Wildman–Crippen MR) is 85.3 cm³/mol. The van der Waals surface area contributed by atoms with Crippen LogP contribution in [0.15, 0.2) is 16.6 Å². The van der Waals surface area contributed by atoms with E-state index in [-0.39, 0.29) is 5.38 Å². The SMILES string of the molecule is COc1cc(C)c(Br)cc1C(Cl)C1C2C3CCC(C3)C21. The van der Waals surface area contributed by atoms with Crippen molar-refractivity contribution in [1.29, 1.82) is 0 Å². The molecule has 5 unspecified atom stereocenters. The number of rotatable bonds is 3. The van der Waals surface area contributed by atoms with Crippen LogP contribution in [0.4, 0.5) is 0 Å². The molecule has 5 atom stereocenters. The Morgan fingerprint density at radius 1 is 1.25 bits per heavy atom. The number of hydrogen-bond acceptors (Lipinski definition) is 1. The number of alkyl halides is 1. The van der Waals surface area contributed by atoms with Gasteiger partial charge in [0.1, 0.15) is 5.75 Å². The average Bonchev–Trinajstić information content (AvgIpc) is 2.88. The summed E-state index contributed by atoms with van der Waals surface area (Å²) < 4.78 is 6.70. The van der Waals surface area contributed by atoms with Crippen LogP contribution in [0.2, 0.25) is 0 Å². The lowest BCUT2D eigenvalue weighted by Crippen LogP contribution is -2.06. The van der Waals surface area contributed by atoms with E-state index in [9.17, 15) is 0 Å². The highest BCUT2D eigenvalue weighted by atomic mass is 79.9. The molecule has 0 radical (unpaired) electrons. The van der Waals surface area contributed by atoms with Gasteiger partial charge in [0.2, 0.25) is 0 Å². The third-order valence-corrected chi connectivity index (χ3v) is 7.32. The van der Waals surface area contributed by atoms with Crippen LogP contribution in [0.3, 0.4) is 0 Å². The Morgan fingerprint density at radius 2 is 1.90 bits per heavy atom.